The van der Waals surface area contributed by atoms with Gasteiger partial charge in [-0.05, 0) is 35.9 Å². The smallest absolute Gasteiger partial charge is 0.115 e. The van der Waals surface area contributed by atoms with Gasteiger partial charge in [-0.3, -0.25) is 0 Å². The minimum absolute atomic E-state index is 0.279. The van der Waals surface area contributed by atoms with Crippen molar-refractivity contribution >= 4 is 29.1 Å². The number of nitrogen functional groups attached to an aromatic ring is 1. The molecular formula is C13H12ClNOS. The molecule has 0 aliphatic rings. The Morgan fingerprint density at radius 3 is 2.53 bits per heavy atom. The van der Waals surface area contributed by atoms with E-state index in [9.17, 15) is 5.11 Å². The summed E-state index contributed by atoms with van der Waals surface area (Å²) in [5.74, 6) is 1.08. The molecule has 17 heavy (non-hydrogen) atoms. The molecule has 2 aromatic carbocycles. The predicted octanol–water partition coefficient (Wildman–Crippen LogP) is 3.92. The third kappa shape index (κ3) is 3.32. The Labute approximate surface area is 109 Å². The molecule has 0 heterocycles. The molecule has 0 unspecified atom stereocenters. The summed E-state index contributed by atoms with van der Waals surface area (Å²) in [5, 5.41) is 9.87. The molecule has 0 aromatic heterocycles. The van der Waals surface area contributed by atoms with Gasteiger partial charge in [0.2, 0.25) is 0 Å². The van der Waals surface area contributed by atoms with E-state index < -0.39 is 0 Å². The number of benzene rings is 2. The second-order valence-electron chi connectivity index (χ2n) is 3.64. The largest absolute Gasteiger partial charge is 0.508 e. The first-order valence-corrected chi connectivity index (χ1v) is 6.47. The minimum atomic E-state index is 0.279. The van der Waals surface area contributed by atoms with E-state index in [1.807, 2.05) is 24.3 Å². The minimum Gasteiger partial charge on any atom is -0.508 e. The van der Waals surface area contributed by atoms with Gasteiger partial charge in [0.15, 0.2) is 0 Å². The fourth-order valence-electron chi connectivity index (χ4n) is 1.39. The Morgan fingerprint density at radius 1 is 1.12 bits per heavy atom. The highest BCUT2D eigenvalue weighted by Crippen LogP contribution is 2.30. The Kier molecular flexibility index (Phi) is 3.82. The molecule has 0 spiro atoms. The number of halogens is 1. The number of hydrogen-bond acceptors (Lipinski definition) is 3. The maximum atomic E-state index is 9.18. The Hall–Kier alpha value is -1.32. The standard InChI is InChI=1S/C13H12ClNOS/c14-10-3-6-12(15)13(7-10)17-8-9-1-4-11(16)5-2-9/h1-7,16H,8,15H2. The molecular weight excluding hydrogens is 254 g/mol. The van der Waals surface area contributed by atoms with Gasteiger partial charge in [0.25, 0.3) is 0 Å². The third-order valence-corrected chi connectivity index (χ3v) is 3.68. The van der Waals surface area contributed by atoms with Gasteiger partial charge >= 0.3 is 0 Å². The van der Waals surface area contributed by atoms with Gasteiger partial charge in [0.1, 0.15) is 5.75 Å². The average molecular weight is 266 g/mol. The summed E-state index contributed by atoms with van der Waals surface area (Å²) in [5.41, 5.74) is 7.72. The zero-order valence-electron chi connectivity index (χ0n) is 9.06. The van der Waals surface area contributed by atoms with Crippen LogP contribution >= 0.6 is 23.4 Å². The lowest BCUT2D eigenvalue weighted by Crippen LogP contribution is -1.88. The second-order valence-corrected chi connectivity index (χ2v) is 5.09. The van der Waals surface area contributed by atoms with Crippen LogP contribution in [0.25, 0.3) is 0 Å². The lowest BCUT2D eigenvalue weighted by Gasteiger charge is -2.06. The van der Waals surface area contributed by atoms with Crippen LogP contribution in [0.2, 0.25) is 5.02 Å². The van der Waals surface area contributed by atoms with E-state index in [1.54, 1.807) is 30.0 Å². The van der Waals surface area contributed by atoms with Gasteiger partial charge in [-0.1, -0.05) is 23.7 Å². The van der Waals surface area contributed by atoms with Crippen LogP contribution in [0.4, 0.5) is 5.69 Å². The number of rotatable bonds is 3. The Morgan fingerprint density at radius 2 is 1.82 bits per heavy atom. The molecule has 2 nitrogen and oxygen atoms in total. The number of anilines is 1. The lowest BCUT2D eigenvalue weighted by atomic mass is 10.2. The predicted molar refractivity (Wildman–Crippen MR) is 73.5 cm³/mol. The zero-order chi connectivity index (χ0) is 12.3. The van der Waals surface area contributed by atoms with Crippen molar-refractivity contribution < 1.29 is 5.11 Å². The summed E-state index contributed by atoms with van der Waals surface area (Å²) in [6.07, 6.45) is 0. The van der Waals surface area contributed by atoms with E-state index >= 15 is 0 Å². The van der Waals surface area contributed by atoms with Gasteiger partial charge in [-0.25, -0.2) is 0 Å². The summed E-state index contributed by atoms with van der Waals surface area (Å²) in [4.78, 5) is 0.977. The first-order valence-electron chi connectivity index (χ1n) is 5.11. The molecule has 88 valence electrons. The normalized spacial score (nSPS) is 10.4. The summed E-state index contributed by atoms with van der Waals surface area (Å²) in [7, 11) is 0. The van der Waals surface area contributed by atoms with Gasteiger partial charge in [0.05, 0.1) is 0 Å². The van der Waals surface area contributed by atoms with Crippen molar-refractivity contribution in [2.45, 2.75) is 10.6 Å². The maximum absolute atomic E-state index is 9.18. The van der Waals surface area contributed by atoms with Crippen LogP contribution in [0.1, 0.15) is 5.56 Å². The van der Waals surface area contributed by atoms with Crippen molar-refractivity contribution in [2.24, 2.45) is 0 Å². The van der Waals surface area contributed by atoms with Crippen molar-refractivity contribution in [2.75, 3.05) is 5.73 Å². The molecule has 0 aliphatic heterocycles. The molecule has 0 radical (unpaired) electrons. The van der Waals surface area contributed by atoms with Crippen LogP contribution in [0.3, 0.4) is 0 Å². The topological polar surface area (TPSA) is 46.2 Å². The van der Waals surface area contributed by atoms with Crippen LogP contribution in [0.15, 0.2) is 47.4 Å². The monoisotopic (exact) mass is 265 g/mol. The summed E-state index contributed by atoms with van der Waals surface area (Å²) < 4.78 is 0. The van der Waals surface area contributed by atoms with Crippen LogP contribution < -0.4 is 5.73 Å². The number of phenols is 1. The van der Waals surface area contributed by atoms with Gasteiger partial charge in [-0.2, -0.15) is 0 Å². The van der Waals surface area contributed by atoms with E-state index in [-0.39, 0.29) is 5.75 Å². The molecule has 3 N–H and O–H groups in total. The van der Waals surface area contributed by atoms with Crippen molar-refractivity contribution in [3.05, 3.63) is 53.1 Å². The summed E-state index contributed by atoms with van der Waals surface area (Å²) in [6.45, 7) is 0. The van der Waals surface area contributed by atoms with Crippen LogP contribution in [-0.2, 0) is 5.75 Å². The molecule has 2 rings (SSSR count). The molecule has 0 fully saturated rings. The maximum Gasteiger partial charge on any atom is 0.115 e. The van der Waals surface area contributed by atoms with Crippen LogP contribution in [0, 0.1) is 0 Å². The Balaban J connectivity index is 2.07. The quantitative estimate of drug-likeness (QED) is 0.653. The lowest BCUT2D eigenvalue weighted by molar-refractivity contribution is 0.475. The fraction of sp³-hybridized carbons (Fsp3) is 0.0769. The number of hydrogen-bond donors (Lipinski definition) is 2. The first-order chi connectivity index (χ1) is 8.15. The highest BCUT2D eigenvalue weighted by atomic mass is 35.5. The fourth-order valence-corrected chi connectivity index (χ4v) is 2.58. The molecule has 0 saturated carbocycles. The highest BCUT2D eigenvalue weighted by molar-refractivity contribution is 7.98. The number of nitrogens with two attached hydrogens (primary N) is 1. The first kappa shape index (κ1) is 12.1. The van der Waals surface area contributed by atoms with Gasteiger partial charge < -0.3 is 10.8 Å². The average Bonchev–Trinajstić information content (AvgIpc) is 2.32. The number of phenolic OH excluding ortho intramolecular Hbond substituents is 1. The second kappa shape index (κ2) is 5.34. The van der Waals surface area contributed by atoms with Gasteiger partial charge in [-0.15, -0.1) is 11.8 Å². The van der Waals surface area contributed by atoms with Crippen LogP contribution in [0.5, 0.6) is 5.75 Å². The molecule has 0 bridgehead atoms. The number of aromatic hydroxyl groups is 1. The molecule has 0 amide bonds. The zero-order valence-corrected chi connectivity index (χ0v) is 10.6. The summed E-state index contributed by atoms with van der Waals surface area (Å²) in [6, 6.07) is 12.6. The van der Waals surface area contributed by atoms with E-state index in [2.05, 4.69) is 0 Å². The molecule has 0 atom stereocenters. The van der Waals surface area contributed by atoms with Gasteiger partial charge in [0, 0.05) is 21.4 Å². The van der Waals surface area contributed by atoms with E-state index in [4.69, 9.17) is 17.3 Å². The van der Waals surface area contributed by atoms with Crippen molar-refractivity contribution in [3.63, 3.8) is 0 Å². The van der Waals surface area contributed by atoms with E-state index in [0.29, 0.717) is 5.02 Å². The molecule has 2 aromatic rings. The number of thioether (sulfide) groups is 1. The third-order valence-electron chi connectivity index (χ3n) is 2.31. The van der Waals surface area contributed by atoms with Crippen molar-refractivity contribution in [1.29, 1.82) is 0 Å². The van der Waals surface area contributed by atoms with Crippen LogP contribution in [-0.4, -0.2) is 5.11 Å². The molecule has 0 aliphatic carbocycles. The highest BCUT2D eigenvalue weighted by Gasteiger charge is 2.02. The molecule has 4 heteroatoms. The van der Waals surface area contributed by atoms with Crippen molar-refractivity contribution in [3.8, 4) is 5.75 Å². The molecule has 0 saturated heterocycles. The SMILES string of the molecule is Nc1ccc(Cl)cc1SCc1ccc(O)cc1. The Bertz CT molecular complexity index is 513. The summed E-state index contributed by atoms with van der Waals surface area (Å²) >= 11 is 7.55. The van der Waals surface area contributed by atoms with E-state index in [0.717, 1.165) is 21.9 Å². The van der Waals surface area contributed by atoms with E-state index in [1.165, 1.54) is 0 Å². The van der Waals surface area contributed by atoms with Crippen molar-refractivity contribution in [1.82, 2.24) is 0 Å².